The Bertz CT molecular complexity index is 136. The molecule has 0 aromatic carbocycles. The molecule has 0 bridgehead atoms. The van der Waals surface area contributed by atoms with Gasteiger partial charge in [0.2, 0.25) is 0 Å². The van der Waals surface area contributed by atoms with Crippen molar-refractivity contribution in [2.75, 3.05) is 0 Å². The summed E-state index contributed by atoms with van der Waals surface area (Å²) < 4.78 is 0. The van der Waals surface area contributed by atoms with Crippen LogP contribution in [0.5, 0.6) is 0 Å². The van der Waals surface area contributed by atoms with E-state index in [1.807, 2.05) is 0 Å². The molecule has 0 aliphatic heterocycles. The van der Waals surface area contributed by atoms with Gasteiger partial charge in [0.15, 0.2) is 0 Å². The zero-order valence-electron chi connectivity index (χ0n) is 7.14. The van der Waals surface area contributed by atoms with Crippen molar-refractivity contribution < 1.29 is 5.11 Å². The fourth-order valence-corrected chi connectivity index (χ4v) is 1.68. The van der Waals surface area contributed by atoms with Gasteiger partial charge in [0.05, 0.1) is 13.4 Å². The predicted molar refractivity (Wildman–Crippen MR) is 46.4 cm³/mol. The molecule has 2 radical (unpaired) electrons. The summed E-state index contributed by atoms with van der Waals surface area (Å²) in [6.07, 6.45) is 4.77. The molecule has 1 rings (SSSR count). The van der Waals surface area contributed by atoms with Crippen LogP contribution in [-0.2, 0) is 0 Å². The topological polar surface area (TPSA) is 46.2 Å². The van der Waals surface area contributed by atoms with Gasteiger partial charge in [-0.05, 0) is 12.8 Å². The number of hydrogen-bond acceptors (Lipinski definition) is 2. The normalized spacial score (nSPS) is 29.4. The molecule has 1 unspecified atom stereocenters. The Labute approximate surface area is 69.6 Å². The molecule has 1 aliphatic carbocycles. The lowest BCUT2D eigenvalue weighted by molar-refractivity contribution is -0.0289. The van der Waals surface area contributed by atoms with Crippen molar-refractivity contribution in [2.45, 2.75) is 50.1 Å². The van der Waals surface area contributed by atoms with Gasteiger partial charge in [-0.3, -0.25) is 0 Å². The monoisotopic (exact) mass is 153 g/mol. The molecule has 3 N–H and O–H groups in total. The summed E-state index contributed by atoms with van der Waals surface area (Å²) in [6, 6.07) is 0. The third-order valence-electron chi connectivity index (χ3n) is 2.68. The van der Waals surface area contributed by atoms with Crippen molar-refractivity contribution >= 4 is 7.85 Å². The third-order valence-corrected chi connectivity index (χ3v) is 2.68. The average Bonchev–Trinajstić information content (AvgIpc) is 1.87. The number of nitrogens with two attached hydrogens (primary N) is 1. The van der Waals surface area contributed by atoms with Crippen molar-refractivity contribution in [1.29, 1.82) is 0 Å². The lowest BCUT2D eigenvalue weighted by Gasteiger charge is -2.43. The van der Waals surface area contributed by atoms with Crippen LogP contribution in [0.2, 0.25) is 0 Å². The Morgan fingerprint density at radius 1 is 1.36 bits per heavy atom. The van der Waals surface area contributed by atoms with E-state index in [1.165, 1.54) is 6.42 Å². The summed E-state index contributed by atoms with van der Waals surface area (Å²) in [5.41, 5.74) is 3.91. The molecule has 3 heteroatoms. The summed E-state index contributed by atoms with van der Waals surface area (Å²) in [4.78, 5) is 0. The fraction of sp³-hybridized carbons (Fsp3) is 1.00. The maximum atomic E-state index is 9.96. The first-order chi connectivity index (χ1) is 4.96. The van der Waals surface area contributed by atoms with Crippen LogP contribution in [-0.4, -0.2) is 24.0 Å². The third kappa shape index (κ3) is 1.77. The van der Waals surface area contributed by atoms with Crippen LogP contribution in [0.3, 0.4) is 0 Å². The van der Waals surface area contributed by atoms with Gasteiger partial charge in [0.25, 0.3) is 0 Å². The van der Waals surface area contributed by atoms with Crippen LogP contribution in [0.25, 0.3) is 0 Å². The van der Waals surface area contributed by atoms with Crippen LogP contribution < -0.4 is 5.73 Å². The second-order valence-electron chi connectivity index (χ2n) is 3.87. The summed E-state index contributed by atoms with van der Waals surface area (Å²) in [6.45, 7) is 1.69. The van der Waals surface area contributed by atoms with Crippen LogP contribution >= 0.6 is 0 Å². The Morgan fingerprint density at radius 3 is 2.09 bits per heavy atom. The summed E-state index contributed by atoms with van der Waals surface area (Å²) in [7, 11) is 5.67. The van der Waals surface area contributed by atoms with Gasteiger partial charge >= 0.3 is 0 Å². The van der Waals surface area contributed by atoms with Gasteiger partial charge in [0, 0.05) is 5.44 Å². The standard InChI is InChI=1S/C8H16BNO/c1-7(9,10)8(11)5-3-2-4-6-8/h11H,2-6,10H2,1H3. The molecular weight excluding hydrogens is 137 g/mol. The molecule has 1 fully saturated rings. The minimum absolute atomic E-state index is 0.747. The first-order valence-corrected chi connectivity index (χ1v) is 4.26. The van der Waals surface area contributed by atoms with Gasteiger partial charge in [-0.25, -0.2) is 0 Å². The number of rotatable bonds is 1. The quantitative estimate of drug-likeness (QED) is 0.539. The van der Waals surface area contributed by atoms with E-state index in [4.69, 9.17) is 13.6 Å². The first-order valence-electron chi connectivity index (χ1n) is 4.26. The van der Waals surface area contributed by atoms with Crippen molar-refractivity contribution in [2.24, 2.45) is 5.73 Å². The lowest BCUT2D eigenvalue weighted by Crippen LogP contribution is -2.59. The zero-order valence-corrected chi connectivity index (χ0v) is 7.14. The summed E-state index contributed by atoms with van der Waals surface area (Å²) >= 11 is 0. The Balaban J connectivity index is 2.64. The minimum atomic E-state index is -0.937. The van der Waals surface area contributed by atoms with Gasteiger partial charge in [-0.15, -0.1) is 0 Å². The number of hydrogen-bond donors (Lipinski definition) is 2. The first kappa shape index (κ1) is 9.08. The zero-order chi connectivity index (χ0) is 8.54. The molecule has 62 valence electrons. The summed E-state index contributed by atoms with van der Waals surface area (Å²) in [5.74, 6) is 0. The molecule has 1 saturated carbocycles. The average molecular weight is 153 g/mol. The largest absolute Gasteiger partial charge is 0.389 e. The Morgan fingerprint density at radius 2 is 1.82 bits per heavy atom. The van der Waals surface area contributed by atoms with Gasteiger partial charge in [-0.2, -0.15) is 0 Å². The fourth-order valence-electron chi connectivity index (χ4n) is 1.68. The minimum Gasteiger partial charge on any atom is -0.389 e. The molecular formula is C8H16BNO. The highest BCUT2D eigenvalue weighted by atomic mass is 16.3. The summed E-state index contributed by atoms with van der Waals surface area (Å²) in [5, 5.41) is 9.96. The van der Waals surface area contributed by atoms with Gasteiger partial charge < -0.3 is 10.8 Å². The molecule has 0 spiro atoms. The maximum Gasteiger partial charge on any atom is 0.0986 e. The van der Waals surface area contributed by atoms with Crippen molar-refractivity contribution in [3.05, 3.63) is 0 Å². The Hall–Kier alpha value is -0.0151. The highest BCUT2D eigenvalue weighted by Crippen LogP contribution is 2.33. The molecule has 0 heterocycles. The molecule has 0 amide bonds. The van der Waals surface area contributed by atoms with Gasteiger partial charge in [-0.1, -0.05) is 26.2 Å². The maximum absolute atomic E-state index is 9.96. The smallest absolute Gasteiger partial charge is 0.0986 e. The molecule has 1 atom stereocenters. The van der Waals surface area contributed by atoms with Crippen LogP contribution in [0.15, 0.2) is 0 Å². The van der Waals surface area contributed by atoms with Crippen molar-refractivity contribution in [3.8, 4) is 0 Å². The van der Waals surface area contributed by atoms with E-state index in [0.717, 1.165) is 25.7 Å². The highest BCUT2D eigenvalue weighted by molar-refractivity contribution is 6.15. The van der Waals surface area contributed by atoms with E-state index in [0.29, 0.717) is 0 Å². The lowest BCUT2D eigenvalue weighted by atomic mass is 9.62. The van der Waals surface area contributed by atoms with Crippen LogP contribution in [0.4, 0.5) is 0 Å². The van der Waals surface area contributed by atoms with E-state index < -0.39 is 11.0 Å². The van der Waals surface area contributed by atoms with E-state index in [-0.39, 0.29) is 0 Å². The van der Waals surface area contributed by atoms with Gasteiger partial charge in [0.1, 0.15) is 0 Å². The van der Waals surface area contributed by atoms with Crippen LogP contribution in [0.1, 0.15) is 39.0 Å². The van der Waals surface area contributed by atoms with Crippen molar-refractivity contribution in [3.63, 3.8) is 0 Å². The molecule has 0 saturated heterocycles. The van der Waals surface area contributed by atoms with E-state index in [1.54, 1.807) is 6.92 Å². The number of aliphatic hydroxyl groups is 1. The van der Waals surface area contributed by atoms with Crippen molar-refractivity contribution in [1.82, 2.24) is 0 Å². The SMILES string of the molecule is [B]C(C)(N)C1(O)CCCCC1. The molecule has 11 heavy (non-hydrogen) atoms. The predicted octanol–water partition coefficient (Wildman–Crippen LogP) is 0.525. The highest BCUT2D eigenvalue weighted by Gasteiger charge is 2.40. The molecule has 1 aliphatic rings. The second kappa shape index (κ2) is 2.79. The van der Waals surface area contributed by atoms with Crippen LogP contribution in [0, 0.1) is 0 Å². The van der Waals surface area contributed by atoms with E-state index in [2.05, 4.69) is 0 Å². The Kier molecular flexibility index (Phi) is 2.31. The van der Waals surface area contributed by atoms with E-state index in [9.17, 15) is 5.11 Å². The molecule has 0 aromatic rings. The van der Waals surface area contributed by atoms with E-state index >= 15 is 0 Å². The molecule has 0 aromatic heterocycles. The molecule has 2 nitrogen and oxygen atoms in total. The second-order valence-corrected chi connectivity index (χ2v) is 3.87.